The van der Waals surface area contributed by atoms with E-state index in [1.54, 1.807) is 12.1 Å². The fraction of sp³-hybridized carbons (Fsp3) is 0.333. The normalized spacial score (nSPS) is 28.3. The maximum atomic E-state index is 12.4. The zero-order valence-electron chi connectivity index (χ0n) is 28.3. The first-order valence-corrected chi connectivity index (χ1v) is 16.5. The fourth-order valence-electron chi connectivity index (χ4n) is 5.82. The number of aliphatic hydroxyl groups is 7. The molecule has 4 aromatic rings. The van der Waals surface area contributed by atoms with Crippen molar-refractivity contribution in [3.05, 3.63) is 66.2 Å². The molecule has 2 saturated heterocycles. The van der Waals surface area contributed by atoms with Crippen molar-refractivity contribution in [2.45, 2.75) is 61.4 Å². The van der Waals surface area contributed by atoms with E-state index >= 15 is 0 Å². The Kier molecular flexibility index (Phi) is 11.5. The second-order valence-electron chi connectivity index (χ2n) is 12.7. The lowest BCUT2D eigenvalue weighted by molar-refractivity contribution is -0.278. The van der Waals surface area contributed by atoms with E-state index in [1.807, 2.05) is 0 Å². The summed E-state index contributed by atoms with van der Waals surface area (Å²) in [5.41, 5.74) is 0.238. The monoisotopic (exact) mass is 773 g/mol. The molecule has 2 aliphatic heterocycles. The Morgan fingerprint density at radius 3 is 1.89 bits per heavy atom. The van der Waals surface area contributed by atoms with Crippen LogP contribution in [-0.2, 0) is 19.0 Å². The van der Waals surface area contributed by atoms with Gasteiger partial charge in [0, 0.05) is 30.3 Å². The molecular weight excluding hydrogens is 736 g/mol. The van der Waals surface area contributed by atoms with Gasteiger partial charge >= 0.3 is 17.3 Å². The van der Waals surface area contributed by atoms with Crippen molar-refractivity contribution in [2.75, 3.05) is 13.2 Å². The van der Waals surface area contributed by atoms with Crippen LogP contribution in [0, 0.1) is 0 Å². The second kappa shape index (κ2) is 16.1. The molecule has 0 radical (unpaired) electrons. The van der Waals surface area contributed by atoms with Gasteiger partial charge in [0.25, 0.3) is 0 Å². The van der Waals surface area contributed by atoms with Crippen LogP contribution in [0.25, 0.3) is 28.4 Å². The average molecular weight is 774 g/mol. The molecule has 12 N–H and O–H groups in total. The summed E-state index contributed by atoms with van der Waals surface area (Å²) in [5.74, 6) is -4.77. The van der Waals surface area contributed by atoms with Gasteiger partial charge in [-0.05, 0) is 23.8 Å². The number of rotatable bonds is 10. The van der Waals surface area contributed by atoms with Gasteiger partial charge in [0.05, 0.1) is 18.2 Å². The summed E-state index contributed by atoms with van der Waals surface area (Å²) in [6.45, 7) is -1.41. The zero-order valence-corrected chi connectivity index (χ0v) is 28.3. The van der Waals surface area contributed by atoms with E-state index in [0.717, 1.165) is 30.3 Å². The van der Waals surface area contributed by atoms with Crippen molar-refractivity contribution in [3.8, 4) is 51.6 Å². The summed E-state index contributed by atoms with van der Waals surface area (Å²) < 4.78 is 34.0. The Morgan fingerprint density at radius 1 is 0.691 bits per heavy atom. The number of phenolic OH excluding ortho intramolecular Hbond substituents is 5. The molecule has 10 atom stereocenters. The zero-order chi connectivity index (χ0) is 39.7. The predicted molar refractivity (Wildman–Crippen MR) is 183 cm³/mol. The standard InChI is InChI=1S/C36H36O19/c37-12-24-28(44)30(46)32(48)36(54-24)53-23-11-18-21(51-34(23)15-7-19(40)27(43)20(41)8-15)9-17(39)10-22(18)52-35-33(49)31(47)29(45)25(55-35)13-50-26(42)6-3-14-1-4-16(38)5-2-14/h1-11,24-25,28-33,35-37,44-49H,12-13H2,(H4-,38,39,40,41,42,43)/p+1. The number of hydrogen-bond donors (Lipinski definition) is 12. The van der Waals surface area contributed by atoms with E-state index in [4.69, 9.17) is 28.1 Å². The second-order valence-corrected chi connectivity index (χ2v) is 12.7. The molecule has 294 valence electrons. The number of ether oxygens (including phenoxy) is 5. The molecule has 19 nitrogen and oxygen atoms in total. The number of esters is 1. The Balaban J connectivity index is 1.31. The first-order chi connectivity index (χ1) is 26.1. The molecule has 1 aromatic heterocycles. The molecular formula is C36H37O19+. The topological polar surface area (TPSA) is 317 Å². The van der Waals surface area contributed by atoms with Crippen LogP contribution >= 0.6 is 0 Å². The van der Waals surface area contributed by atoms with Crippen LogP contribution in [0.3, 0.4) is 0 Å². The highest BCUT2D eigenvalue weighted by Gasteiger charge is 2.47. The van der Waals surface area contributed by atoms with Gasteiger partial charge in [-0.15, -0.1) is 0 Å². The first kappa shape index (κ1) is 39.2. The summed E-state index contributed by atoms with van der Waals surface area (Å²) in [5, 5.41) is 123. The third-order valence-corrected chi connectivity index (χ3v) is 8.83. The molecule has 0 aliphatic carbocycles. The molecule has 10 unspecified atom stereocenters. The van der Waals surface area contributed by atoms with Crippen LogP contribution in [-0.4, -0.2) is 142 Å². The minimum Gasteiger partial charge on any atom is -0.508 e. The molecule has 55 heavy (non-hydrogen) atoms. The quantitative estimate of drug-likeness (QED) is 0.0419. The number of aromatic hydroxyl groups is 5. The number of carbonyl (C=O) groups excluding carboxylic acids is 1. The van der Waals surface area contributed by atoms with Crippen LogP contribution in [0.15, 0.2) is 65.1 Å². The summed E-state index contributed by atoms with van der Waals surface area (Å²) in [4.78, 5) is 12.4. The highest BCUT2D eigenvalue weighted by atomic mass is 16.7. The third-order valence-electron chi connectivity index (χ3n) is 8.83. The number of aliphatic hydroxyl groups excluding tert-OH is 7. The van der Waals surface area contributed by atoms with Crippen molar-refractivity contribution in [2.24, 2.45) is 0 Å². The molecule has 19 heteroatoms. The van der Waals surface area contributed by atoms with Gasteiger partial charge < -0.3 is 85.0 Å². The van der Waals surface area contributed by atoms with Crippen LogP contribution in [0.4, 0.5) is 0 Å². The van der Waals surface area contributed by atoms with E-state index in [9.17, 15) is 66.1 Å². The maximum Gasteiger partial charge on any atom is 0.402 e. The van der Waals surface area contributed by atoms with Crippen molar-refractivity contribution < 1.29 is 94.2 Å². The SMILES string of the molecule is O=C(C=Cc1ccc(O)cc1)OCC1OC(Oc2cc(O)cc3[o+]c(-c4cc(O)c(O)c(O)c4)c(OC4OC(CO)C(O)C(O)C4O)cc23)C(O)C(O)C1O. The van der Waals surface area contributed by atoms with Gasteiger partial charge in [-0.1, -0.05) is 12.1 Å². The molecule has 2 aliphatic rings. The Hall–Kier alpha value is -5.48. The molecule has 0 bridgehead atoms. The van der Waals surface area contributed by atoms with Gasteiger partial charge in [0.15, 0.2) is 17.2 Å². The van der Waals surface area contributed by atoms with Crippen LogP contribution in [0.1, 0.15) is 5.56 Å². The maximum absolute atomic E-state index is 12.4. The van der Waals surface area contributed by atoms with Crippen molar-refractivity contribution in [3.63, 3.8) is 0 Å². The van der Waals surface area contributed by atoms with Crippen LogP contribution in [0.2, 0.25) is 0 Å². The Labute approximate surface area is 309 Å². The van der Waals surface area contributed by atoms with Crippen LogP contribution in [0.5, 0.6) is 40.2 Å². The number of hydrogen-bond acceptors (Lipinski definition) is 18. The van der Waals surface area contributed by atoms with E-state index in [1.165, 1.54) is 24.3 Å². The lowest BCUT2D eigenvalue weighted by Gasteiger charge is -2.40. The van der Waals surface area contributed by atoms with E-state index < -0.39 is 104 Å². The largest absolute Gasteiger partial charge is 0.508 e. The molecule has 0 saturated carbocycles. The van der Waals surface area contributed by atoms with E-state index in [2.05, 4.69) is 0 Å². The van der Waals surface area contributed by atoms with Gasteiger partial charge in [0.1, 0.15) is 78.1 Å². The van der Waals surface area contributed by atoms with E-state index in [-0.39, 0.29) is 39.5 Å². The number of fused-ring (bicyclic) bond motifs is 1. The molecule has 3 aromatic carbocycles. The lowest BCUT2D eigenvalue weighted by atomic mass is 9.99. The molecule has 0 spiro atoms. The van der Waals surface area contributed by atoms with Gasteiger partial charge in [-0.25, -0.2) is 9.21 Å². The Bertz CT molecular complexity index is 2010. The predicted octanol–water partition coefficient (Wildman–Crippen LogP) is -0.469. The molecule has 3 heterocycles. The molecule has 2 fully saturated rings. The summed E-state index contributed by atoms with van der Waals surface area (Å²) in [6.07, 6.45) is -15.0. The average Bonchev–Trinajstić information content (AvgIpc) is 3.16. The van der Waals surface area contributed by atoms with Gasteiger partial charge in [0.2, 0.25) is 18.3 Å². The third kappa shape index (κ3) is 8.29. The summed E-state index contributed by atoms with van der Waals surface area (Å²) >= 11 is 0. The first-order valence-electron chi connectivity index (χ1n) is 16.5. The highest BCUT2D eigenvalue weighted by Crippen LogP contribution is 2.45. The van der Waals surface area contributed by atoms with Crippen molar-refractivity contribution >= 4 is 23.0 Å². The van der Waals surface area contributed by atoms with Crippen molar-refractivity contribution in [1.82, 2.24) is 0 Å². The van der Waals surface area contributed by atoms with Crippen molar-refractivity contribution in [1.29, 1.82) is 0 Å². The molecule has 6 rings (SSSR count). The van der Waals surface area contributed by atoms with Crippen LogP contribution < -0.4 is 9.47 Å². The Morgan fingerprint density at radius 2 is 1.27 bits per heavy atom. The summed E-state index contributed by atoms with van der Waals surface area (Å²) in [7, 11) is 0. The lowest BCUT2D eigenvalue weighted by Crippen LogP contribution is -2.60. The highest BCUT2D eigenvalue weighted by molar-refractivity contribution is 5.89. The molecule has 0 amide bonds. The minimum absolute atomic E-state index is 0.0248. The fourth-order valence-corrected chi connectivity index (χ4v) is 5.82. The number of phenols is 5. The number of carbonyl (C=O) groups is 1. The minimum atomic E-state index is -1.92. The van der Waals surface area contributed by atoms with Gasteiger partial charge in [-0.3, -0.25) is 0 Å². The van der Waals surface area contributed by atoms with E-state index in [0.29, 0.717) is 5.56 Å². The van der Waals surface area contributed by atoms with Gasteiger partial charge in [-0.2, -0.15) is 0 Å². The smallest absolute Gasteiger partial charge is 0.402 e. The number of benzene rings is 3. The summed E-state index contributed by atoms with van der Waals surface area (Å²) in [6, 6.07) is 11.2.